The van der Waals surface area contributed by atoms with Crippen molar-refractivity contribution in [2.24, 2.45) is 5.92 Å². The Kier molecular flexibility index (Phi) is 5.44. The van der Waals surface area contributed by atoms with Crippen LogP contribution in [0, 0.1) is 5.92 Å². The molecule has 1 N–H and O–H groups in total. The van der Waals surface area contributed by atoms with Crippen molar-refractivity contribution in [1.82, 2.24) is 9.88 Å². The quantitative estimate of drug-likeness (QED) is 0.816. The standard InChI is InChI=1S/C17H23BrN2/c1-4-19-17(13(2)3)15-8-9-20(12-15)11-14-6-5-7-16(18)10-14/h5-10,12-13,17,19H,4,11H2,1-3H3. The van der Waals surface area contributed by atoms with E-state index in [1.165, 1.54) is 11.1 Å². The number of halogens is 1. The van der Waals surface area contributed by atoms with E-state index in [9.17, 15) is 0 Å². The van der Waals surface area contributed by atoms with Gasteiger partial charge in [-0.1, -0.05) is 48.8 Å². The molecule has 2 aromatic rings. The highest BCUT2D eigenvalue weighted by molar-refractivity contribution is 9.10. The summed E-state index contributed by atoms with van der Waals surface area (Å²) in [6.07, 6.45) is 4.43. The number of nitrogens with zero attached hydrogens (tertiary/aromatic N) is 1. The van der Waals surface area contributed by atoms with E-state index in [0.717, 1.165) is 17.6 Å². The first-order valence-corrected chi connectivity index (χ1v) is 8.03. The Labute approximate surface area is 130 Å². The minimum atomic E-state index is 0.434. The minimum absolute atomic E-state index is 0.434. The summed E-state index contributed by atoms with van der Waals surface area (Å²) >= 11 is 3.52. The van der Waals surface area contributed by atoms with E-state index in [4.69, 9.17) is 0 Å². The summed E-state index contributed by atoms with van der Waals surface area (Å²) in [5, 5.41) is 3.56. The second-order valence-electron chi connectivity index (χ2n) is 5.53. The molecule has 0 amide bonds. The Hall–Kier alpha value is -1.06. The maximum absolute atomic E-state index is 3.56. The largest absolute Gasteiger partial charge is 0.350 e. The van der Waals surface area contributed by atoms with Crippen molar-refractivity contribution in [1.29, 1.82) is 0 Å². The Morgan fingerprint density at radius 2 is 2.05 bits per heavy atom. The van der Waals surface area contributed by atoms with E-state index in [0.29, 0.717) is 12.0 Å². The van der Waals surface area contributed by atoms with Crippen molar-refractivity contribution in [3.8, 4) is 0 Å². The molecule has 1 unspecified atom stereocenters. The van der Waals surface area contributed by atoms with Crippen molar-refractivity contribution < 1.29 is 0 Å². The molecule has 0 saturated carbocycles. The van der Waals surface area contributed by atoms with E-state index in [1.807, 2.05) is 0 Å². The molecule has 0 aliphatic rings. The zero-order chi connectivity index (χ0) is 14.5. The van der Waals surface area contributed by atoms with Crippen LogP contribution in [0.3, 0.4) is 0 Å². The molecule has 1 heterocycles. The number of rotatable bonds is 6. The fourth-order valence-electron chi connectivity index (χ4n) is 2.55. The number of benzene rings is 1. The summed E-state index contributed by atoms with van der Waals surface area (Å²) in [4.78, 5) is 0. The number of aromatic nitrogens is 1. The zero-order valence-corrected chi connectivity index (χ0v) is 14.0. The van der Waals surface area contributed by atoms with Crippen molar-refractivity contribution >= 4 is 15.9 Å². The van der Waals surface area contributed by atoms with Crippen LogP contribution in [0.5, 0.6) is 0 Å². The van der Waals surface area contributed by atoms with Gasteiger partial charge in [-0.05, 0) is 41.8 Å². The van der Waals surface area contributed by atoms with Gasteiger partial charge in [-0.25, -0.2) is 0 Å². The molecule has 108 valence electrons. The lowest BCUT2D eigenvalue weighted by atomic mass is 9.98. The van der Waals surface area contributed by atoms with Crippen LogP contribution in [0.25, 0.3) is 0 Å². The Balaban J connectivity index is 2.12. The molecule has 0 fully saturated rings. The van der Waals surface area contributed by atoms with Crippen LogP contribution in [-0.2, 0) is 6.54 Å². The minimum Gasteiger partial charge on any atom is -0.350 e. The Bertz CT molecular complexity index is 545. The molecule has 1 aromatic carbocycles. The Morgan fingerprint density at radius 1 is 1.25 bits per heavy atom. The lowest BCUT2D eigenvalue weighted by Crippen LogP contribution is -2.25. The molecular formula is C17H23BrN2. The summed E-state index contributed by atoms with van der Waals surface area (Å²) in [7, 11) is 0. The molecule has 0 aliphatic carbocycles. The van der Waals surface area contributed by atoms with Crippen molar-refractivity contribution in [3.63, 3.8) is 0 Å². The molecular weight excluding hydrogens is 312 g/mol. The normalized spacial score (nSPS) is 12.8. The molecule has 0 radical (unpaired) electrons. The second-order valence-corrected chi connectivity index (χ2v) is 6.44. The first kappa shape index (κ1) is 15.3. The lowest BCUT2D eigenvalue weighted by molar-refractivity contribution is 0.421. The van der Waals surface area contributed by atoms with Gasteiger partial charge in [0.1, 0.15) is 0 Å². The summed E-state index contributed by atoms with van der Waals surface area (Å²) in [5.41, 5.74) is 2.68. The van der Waals surface area contributed by atoms with Gasteiger partial charge in [0, 0.05) is 29.5 Å². The predicted octanol–water partition coefficient (Wildman–Crippen LogP) is 4.61. The molecule has 0 spiro atoms. The van der Waals surface area contributed by atoms with Gasteiger partial charge < -0.3 is 9.88 Å². The van der Waals surface area contributed by atoms with Gasteiger partial charge in [0.15, 0.2) is 0 Å². The highest BCUT2D eigenvalue weighted by Crippen LogP contribution is 2.22. The van der Waals surface area contributed by atoms with Gasteiger partial charge in [0.25, 0.3) is 0 Å². The van der Waals surface area contributed by atoms with Crippen LogP contribution in [0.2, 0.25) is 0 Å². The van der Waals surface area contributed by atoms with E-state index in [1.54, 1.807) is 0 Å². The molecule has 0 saturated heterocycles. The summed E-state index contributed by atoms with van der Waals surface area (Å²) in [6.45, 7) is 8.60. The third-order valence-electron chi connectivity index (χ3n) is 3.48. The number of hydrogen-bond donors (Lipinski definition) is 1. The molecule has 2 rings (SSSR count). The van der Waals surface area contributed by atoms with Crippen LogP contribution in [-0.4, -0.2) is 11.1 Å². The predicted molar refractivity (Wildman–Crippen MR) is 88.9 cm³/mol. The molecule has 0 bridgehead atoms. The van der Waals surface area contributed by atoms with Gasteiger partial charge in [-0.3, -0.25) is 0 Å². The first-order chi connectivity index (χ1) is 9.60. The average molecular weight is 335 g/mol. The highest BCUT2D eigenvalue weighted by atomic mass is 79.9. The summed E-state index contributed by atoms with van der Waals surface area (Å²) < 4.78 is 3.39. The zero-order valence-electron chi connectivity index (χ0n) is 12.4. The van der Waals surface area contributed by atoms with E-state index >= 15 is 0 Å². The van der Waals surface area contributed by atoms with Crippen LogP contribution in [0.1, 0.15) is 37.9 Å². The molecule has 1 atom stereocenters. The van der Waals surface area contributed by atoms with Gasteiger partial charge in [0.05, 0.1) is 0 Å². The van der Waals surface area contributed by atoms with Gasteiger partial charge in [0.2, 0.25) is 0 Å². The maximum Gasteiger partial charge on any atom is 0.0470 e. The third kappa shape index (κ3) is 3.97. The number of nitrogens with one attached hydrogen (secondary N) is 1. The molecule has 3 heteroatoms. The highest BCUT2D eigenvalue weighted by Gasteiger charge is 2.15. The molecule has 0 aliphatic heterocycles. The van der Waals surface area contributed by atoms with Crippen LogP contribution >= 0.6 is 15.9 Å². The van der Waals surface area contributed by atoms with E-state index < -0.39 is 0 Å². The molecule has 20 heavy (non-hydrogen) atoms. The summed E-state index contributed by atoms with van der Waals surface area (Å²) in [5.74, 6) is 0.594. The molecule has 2 nitrogen and oxygen atoms in total. The van der Waals surface area contributed by atoms with Gasteiger partial charge >= 0.3 is 0 Å². The monoisotopic (exact) mass is 334 g/mol. The van der Waals surface area contributed by atoms with Crippen molar-refractivity contribution in [2.45, 2.75) is 33.4 Å². The van der Waals surface area contributed by atoms with Gasteiger partial charge in [-0.15, -0.1) is 0 Å². The second kappa shape index (κ2) is 7.09. The topological polar surface area (TPSA) is 17.0 Å². The fraction of sp³-hybridized carbons (Fsp3) is 0.412. The van der Waals surface area contributed by atoms with Crippen molar-refractivity contribution in [3.05, 3.63) is 58.3 Å². The van der Waals surface area contributed by atoms with Crippen molar-refractivity contribution in [2.75, 3.05) is 6.54 Å². The maximum atomic E-state index is 3.56. The Morgan fingerprint density at radius 3 is 2.70 bits per heavy atom. The van der Waals surface area contributed by atoms with E-state index in [2.05, 4.69) is 89.3 Å². The first-order valence-electron chi connectivity index (χ1n) is 7.23. The smallest absolute Gasteiger partial charge is 0.0470 e. The fourth-order valence-corrected chi connectivity index (χ4v) is 2.99. The van der Waals surface area contributed by atoms with Crippen LogP contribution in [0.4, 0.5) is 0 Å². The van der Waals surface area contributed by atoms with Crippen LogP contribution in [0.15, 0.2) is 47.2 Å². The average Bonchev–Trinajstić information content (AvgIpc) is 2.83. The van der Waals surface area contributed by atoms with Gasteiger partial charge in [-0.2, -0.15) is 0 Å². The SMILES string of the molecule is CCNC(c1ccn(Cc2cccc(Br)c2)c1)C(C)C. The molecule has 1 aromatic heterocycles. The van der Waals surface area contributed by atoms with E-state index in [-0.39, 0.29) is 0 Å². The number of hydrogen-bond acceptors (Lipinski definition) is 1. The third-order valence-corrected chi connectivity index (χ3v) is 3.97. The lowest BCUT2D eigenvalue weighted by Gasteiger charge is -2.20. The summed E-state index contributed by atoms with van der Waals surface area (Å²) in [6, 6.07) is 11.1. The van der Waals surface area contributed by atoms with Crippen LogP contribution < -0.4 is 5.32 Å².